The lowest BCUT2D eigenvalue weighted by molar-refractivity contribution is -0.364. The molecule has 0 atom stereocenters. The van der Waals surface area contributed by atoms with Crippen molar-refractivity contribution in [1.82, 2.24) is 9.55 Å². The highest BCUT2D eigenvalue weighted by Crippen LogP contribution is 2.34. The summed E-state index contributed by atoms with van der Waals surface area (Å²) in [6, 6.07) is 16.1. The Morgan fingerprint density at radius 1 is 0.917 bits per heavy atom. The van der Waals surface area contributed by atoms with E-state index in [1.54, 1.807) is 33.9 Å². The van der Waals surface area contributed by atoms with E-state index in [0.717, 1.165) is 22.4 Å². The minimum absolute atomic E-state index is 0.776. The summed E-state index contributed by atoms with van der Waals surface area (Å²) < 4.78 is 18.4. The summed E-state index contributed by atoms with van der Waals surface area (Å²) in [7, 11) is 4.66. The van der Waals surface area contributed by atoms with Crippen molar-refractivity contribution in [3.8, 4) is 16.8 Å². The van der Waals surface area contributed by atoms with Crippen LogP contribution in [0.25, 0.3) is 16.8 Å². The molecule has 0 aliphatic heterocycles. The smallest absolute Gasteiger partial charge is 0.311 e. The number of methoxy groups -OCH3 is 3. The van der Waals surface area contributed by atoms with Crippen LogP contribution in [0.3, 0.4) is 0 Å². The first-order valence-electron chi connectivity index (χ1n) is 7.58. The van der Waals surface area contributed by atoms with E-state index in [1.165, 1.54) is 0 Å². The van der Waals surface area contributed by atoms with Crippen LogP contribution < -0.4 is 0 Å². The van der Waals surface area contributed by atoms with Crippen molar-refractivity contribution < 1.29 is 14.2 Å². The molecule has 3 rings (SSSR count). The second-order valence-electron chi connectivity index (χ2n) is 5.24. The highest BCUT2D eigenvalue weighted by atomic mass is 16.9. The molecular weight excluding hydrogens is 304 g/mol. The van der Waals surface area contributed by atoms with Crippen molar-refractivity contribution in [1.29, 1.82) is 0 Å². The van der Waals surface area contributed by atoms with E-state index in [2.05, 4.69) is 17.1 Å². The lowest BCUT2D eigenvalue weighted by atomic mass is 9.99. The maximum absolute atomic E-state index is 5.48. The van der Waals surface area contributed by atoms with Crippen molar-refractivity contribution in [3.63, 3.8) is 0 Å². The molecule has 0 spiro atoms. The Morgan fingerprint density at radius 3 is 2.21 bits per heavy atom. The fourth-order valence-electron chi connectivity index (χ4n) is 2.81. The SMILES string of the molecule is COC(OC)(OC)c1ccc(-n2ccnc2)c(-c2ccccc2)c1. The summed E-state index contributed by atoms with van der Waals surface area (Å²) in [5.74, 6) is -1.24. The third-order valence-electron chi connectivity index (χ3n) is 4.02. The summed E-state index contributed by atoms with van der Waals surface area (Å²) in [4.78, 5) is 4.14. The van der Waals surface area contributed by atoms with Gasteiger partial charge in [-0.1, -0.05) is 30.3 Å². The molecule has 5 nitrogen and oxygen atoms in total. The van der Waals surface area contributed by atoms with E-state index in [4.69, 9.17) is 14.2 Å². The third-order valence-corrected chi connectivity index (χ3v) is 4.02. The molecular formula is C19H20N2O3. The first kappa shape index (κ1) is 16.4. The van der Waals surface area contributed by atoms with Gasteiger partial charge >= 0.3 is 5.97 Å². The largest absolute Gasteiger partial charge is 0.327 e. The highest BCUT2D eigenvalue weighted by molar-refractivity contribution is 5.74. The van der Waals surface area contributed by atoms with Crippen molar-refractivity contribution in [2.24, 2.45) is 0 Å². The van der Waals surface area contributed by atoms with Gasteiger partial charge in [-0.15, -0.1) is 0 Å². The van der Waals surface area contributed by atoms with Crippen LogP contribution in [0.5, 0.6) is 0 Å². The van der Waals surface area contributed by atoms with E-state index in [9.17, 15) is 0 Å². The van der Waals surface area contributed by atoms with Gasteiger partial charge in [0.05, 0.1) is 12.0 Å². The molecule has 3 aromatic rings. The molecule has 124 valence electrons. The average molecular weight is 324 g/mol. The van der Waals surface area contributed by atoms with Gasteiger partial charge in [0.15, 0.2) is 0 Å². The van der Waals surface area contributed by atoms with Gasteiger partial charge in [0.25, 0.3) is 0 Å². The summed E-state index contributed by atoms with van der Waals surface area (Å²) in [5, 5.41) is 0. The fraction of sp³-hybridized carbons (Fsp3) is 0.211. The van der Waals surface area contributed by atoms with E-state index >= 15 is 0 Å². The topological polar surface area (TPSA) is 45.5 Å². The summed E-state index contributed by atoms with van der Waals surface area (Å²) in [5.41, 5.74) is 3.90. The molecule has 5 heteroatoms. The molecule has 0 saturated carbocycles. The molecule has 0 amide bonds. The number of nitrogens with zero attached hydrogens (tertiary/aromatic N) is 2. The van der Waals surface area contributed by atoms with E-state index in [-0.39, 0.29) is 0 Å². The number of imidazole rings is 1. The summed E-state index contributed by atoms with van der Waals surface area (Å²) >= 11 is 0. The predicted molar refractivity (Wildman–Crippen MR) is 91.7 cm³/mol. The second kappa shape index (κ2) is 6.97. The molecule has 0 radical (unpaired) electrons. The zero-order chi connectivity index (χ0) is 17.0. The minimum Gasteiger partial charge on any atom is -0.327 e. The number of hydrogen-bond acceptors (Lipinski definition) is 4. The van der Waals surface area contributed by atoms with Gasteiger partial charge in [-0.2, -0.15) is 0 Å². The van der Waals surface area contributed by atoms with Gasteiger partial charge in [0.2, 0.25) is 0 Å². The fourth-order valence-corrected chi connectivity index (χ4v) is 2.81. The summed E-state index contributed by atoms with van der Waals surface area (Å²) in [6.07, 6.45) is 5.45. The zero-order valence-electron chi connectivity index (χ0n) is 14.0. The Hall–Kier alpha value is -2.47. The molecule has 0 aliphatic carbocycles. The van der Waals surface area contributed by atoms with Crippen LogP contribution in [0.2, 0.25) is 0 Å². The first-order chi connectivity index (χ1) is 11.7. The maximum Gasteiger partial charge on any atom is 0.311 e. The molecule has 1 heterocycles. The van der Waals surface area contributed by atoms with Crippen LogP contribution in [0.1, 0.15) is 5.56 Å². The van der Waals surface area contributed by atoms with E-state index < -0.39 is 5.97 Å². The Labute approximate surface area is 141 Å². The number of ether oxygens (including phenoxy) is 3. The molecule has 24 heavy (non-hydrogen) atoms. The monoisotopic (exact) mass is 324 g/mol. The molecule has 0 fully saturated rings. The summed E-state index contributed by atoms with van der Waals surface area (Å²) in [6.45, 7) is 0. The van der Waals surface area contributed by atoms with Gasteiger partial charge in [0.1, 0.15) is 0 Å². The molecule has 0 aliphatic rings. The standard InChI is InChI=1S/C19H20N2O3/c1-22-19(23-2,24-3)16-9-10-18(21-12-11-20-14-21)17(13-16)15-7-5-4-6-8-15/h4-14H,1-3H3. The highest BCUT2D eigenvalue weighted by Gasteiger charge is 2.33. The van der Waals surface area contributed by atoms with Gasteiger partial charge in [-0.3, -0.25) is 0 Å². The van der Waals surface area contributed by atoms with Crippen LogP contribution in [-0.4, -0.2) is 30.9 Å². The minimum atomic E-state index is -1.24. The molecule has 0 N–H and O–H groups in total. The molecule has 0 unspecified atom stereocenters. The van der Waals surface area contributed by atoms with Crippen molar-refractivity contribution in [2.45, 2.75) is 5.97 Å². The van der Waals surface area contributed by atoms with Crippen LogP contribution in [0.15, 0.2) is 67.3 Å². The van der Waals surface area contributed by atoms with Crippen LogP contribution in [0.4, 0.5) is 0 Å². The third kappa shape index (κ3) is 2.85. The molecule has 0 bridgehead atoms. The molecule has 0 saturated heterocycles. The Balaban J connectivity index is 2.20. The Morgan fingerprint density at radius 2 is 1.62 bits per heavy atom. The van der Waals surface area contributed by atoms with Crippen molar-refractivity contribution >= 4 is 0 Å². The van der Waals surface area contributed by atoms with Gasteiger partial charge in [0, 0.05) is 44.8 Å². The van der Waals surface area contributed by atoms with Crippen LogP contribution in [0, 0.1) is 0 Å². The number of aromatic nitrogens is 2. The van der Waals surface area contributed by atoms with E-state index in [1.807, 2.05) is 47.2 Å². The molecule has 1 aromatic heterocycles. The Bertz CT molecular complexity index is 773. The zero-order valence-corrected chi connectivity index (χ0v) is 14.0. The Kier molecular flexibility index (Phi) is 4.76. The second-order valence-corrected chi connectivity index (χ2v) is 5.24. The van der Waals surface area contributed by atoms with Gasteiger partial charge < -0.3 is 18.8 Å². The van der Waals surface area contributed by atoms with Crippen molar-refractivity contribution in [3.05, 3.63) is 72.8 Å². The lowest BCUT2D eigenvalue weighted by Gasteiger charge is -2.29. The normalized spacial score (nSPS) is 11.6. The lowest BCUT2D eigenvalue weighted by Crippen LogP contribution is -2.33. The van der Waals surface area contributed by atoms with E-state index in [0.29, 0.717) is 0 Å². The quantitative estimate of drug-likeness (QED) is 0.650. The average Bonchev–Trinajstić information content (AvgIpc) is 3.19. The number of rotatable bonds is 6. The van der Waals surface area contributed by atoms with Crippen molar-refractivity contribution in [2.75, 3.05) is 21.3 Å². The number of benzene rings is 2. The van der Waals surface area contributed by atoms with Crippen LogP contribution >= 0.6 is 0 Å². The van der Waals surface area contributed by atoms with Gasteiger partial charge in [-0.25, -0.2) is 4.98 Å². The molecule has 2 aromatic carbocycles. The number of hydrogen-bond donors (Lipinski definition) is 0. The van der Waals surface area contributed by atoms with Gasteiger partial charge in [-0.05, 0) is 23.8 Å². The van der Waals surface area contributed by atoms with Crippen LogP contribution in [-0.2, 0) is 20.2 Å². The first-order valence-corrected chi connectivity index (χ1v) is 7.58. The maximum atomic E-state index is 5.48. The predicted octanol–water partition coefficient (Wildman–Crippen LogP) is 3.59.